The Morgan fingerprint density at radius 2 is 0.778 bits per heavy atom. The third-order valence-corrected chi connectivity index (χ3v) is 22.4. The van der Waals surface area contributed by atoms with Crippen molar-refractivity contribution in [1.29, 1.82) is 0 Å². The molecule has 0 saturated heterocycles. The van der Waals surface area contributed by atoms with E-state index in [2.05, 4.69) is 4.74 Å². The maximum absolute atomic E-state index is 14.0. The number of aryl methyl sites for hydroxylation is 3. The summed E-state index contributed by atoms with van der Waals surface area (Å²) < 4.78 is 57.1. The molecule has 652 valence electrons. The molecule has 6 aliphatic heterocycles. The number of hydrogen-bond acceptors (Lipinski definition) is 30. The van der Waals surface area contributed by atoms with Gasteiger partial charge in [-0.2, -0.15) is 0 Å². The standard InChI is InChI=1S/C34H31N3O11.C27H28N2O7.C22H20N2O5.C7H4ClNO4/c1-6-21-22-14-20(46-31(40)47-33(3,4)5)12-13-26(22)35-28-23(21)16-36-27(28)15-25-24(29(36)38)17-44-30(39)34(25,7-2)48-32(41)45-19-10-8-18(9-11-19)37(42)43;1-6-15-16-10-14(35-25(32)36-26(3,4)5)8-9-20(16)28-22-17(15)12-29-21(22)11-19-18(23(29)30)13-34-24(31)27(19,33)7-2;1-3-12-13-7-11(25)5-6-17(13)23-19-14(12)9-24-18(19)8-16-15(20(24)26)10-29-21(27)22(16,28)4-2;8-7(10)13-6-3-1-5(2-4-6)9(11)12/h8-15H,6-7,16-17H2,1-5H3;8-11,33H,6-7,12-13H2,1-5H3;5-8,25,28H,3-4,9-10H2,1-2H3;1-4H/t34-;27-;22-;/m000./s1. The summed E-state index contributed by atoms with van der Waals surface area (Å²) in [5.41, 5.74) is 2.99. The number of phenolic OH excluding ortho intramolecular Hbond substituents is 1. The van der Waals surface area contributed by atoms with E-state index in [1.807, 2.05) is 20.8 Å². The van der Waals surface area contributed by atoms with E-state index < -0.39 is 85.2 Å². The fourth-order valence-electron chi connectivity index (χ4n) is 16.3. The Morgan fingerprint density at radius 3 is 1.13 bits per heavy atom. The van der Waals surface area contributed by atoms with E-state index in [-0.39, 0.29) is 113 Å². The third kappa shape index (κ3) is 16.3. The zero-order valence-corrected chi connectivity index (χ0v) is 70.9. The molecular weight excluding hydrogens is 1660 g/mol. The lowest BCUT2D eigenvalue weighted by Crippen LogP contribution is -2.47. The van der Waals surface area contributed by atoms with Crippen LogP contribution in [0.25, 0.3) is 66.9 Å². The summed E-state index contributed by atoms with van der Waals surface area (Å²) in [7, 11) is 0. The van der Waals surface area contributed by atoms with E-state index in [4.69, 9.17) is 69.2 Å². The number of hydrogen-bond donors (Lipinski definition) is 3. The molecule has 126 heavy (non-hydrogen) atoms. The first kappa shape index (κ1) is 88.0. The highest BCUT2D eigenvalue weighted by atomic mass is 35.5. The summed E-state index contributed by atoms with van der Waals surface area (Å²) in [6, 6.07) is 30.0. The van der Waals surface area contributed by atoms with E-state index >= 15 is 0 Å². The first-order valence-electron chi connectivity index (χ1n) is 40.1. The summed E-state index contributed by atoms with van der Waals surface area (Å²) in [4.78, 5) is 161. The number of nitro benzene ring substituents is 2. The molecule has 0 spiro atoms. The number of phenols is 1. The van der Waals surface area contributed by atoms with Crippen molar-refractivity contribution >= 4 is 97.5 Å². The van der Waals surface area contributed by atoms with Crippen LogP contribution >= 0.6 is 11.6 Å². The Labute approximate surface area is 720 Å². The molecule has 3 atom stereocenters. The highest BCUT2D eigenvalue weighted by Crippen LogP contribution is 2.47. The van der Waals surface area contributed by atoms with Crippen LogP contribution in [0.4, 0.5) is 30.6 Å². The SMILES string of the molecule is CCc1c2c(nc3ccc(O)cc13)-c1cc3c(c(=O)n1C2)COC(=O)[C@]3(O)CC.CCc1c2c(nc3ccc(OC(=O)OC(C)(C)C)cc13)-c1cc3c(c(=O)n1C2)COC(=O)[C@@]3(CC)OC(=O)Oc1ccc([N+](=O)[O-])cc1.CCc1c2c(nc3ccc(OC(=O)OC(C)(C)C)cc13)-c1cc3c(c(=O)n1C2)COC(=O)[C@]3(O)CC.O=C(Cl)Oc1ccc([N+](=O)[O-])cc1. The van der Waals surface area contributed by atoms with Gasteiger partial charge in [0.25, 0.3) is 28.1 Å². The minimum Gasteiger partial charge on any atom is -0.508 e. The Bertz CT molecular complexity index is 6670. The number of aliphatic hydroxyl groups is 2. The van der Waals surface area contributed by atoms with E-state index in [1.54, 1.807) is 149 Å². The lowest BCUT2D eigenvalue weighted by atomic mass is 9.85. The van der Waals surface area contributed by atoms with Crippen LogP contribution < -0.4 is 35.6 Å². The Morgan fingerprint density at radius 1 is 0.444 bits per heavy atom. The van der Waals surface area contributed by atoms with Gasteiger partial charge >= 0.3 is 41.8 Å². The first-order chi connectivity index (χ1) is 59.7. The fourth-order valence-corrected chi connectivity index (χ4v) is 16.4. The number of cyclic esters (lactones) is 3. The van der Waals surface area contributed by atoms with Crippen molar-refractivity contribution in [2.24, 2.45) is 0 Å². The van der Waals surface area contributed by atoms with Gasteiger partial charge in [0.15, 0.2) is 11.2 Å². The van der Waals surface area contributed by atoms with Crippen molar-refractivity contribution in [3.05, 3.63) is 239 Å². The highest BCUT2D eigenvalue weighted by Gasteiger charge is 2.52. The van der Waals surface area contributed by atoms with Crippen molar-refractivity contribution in [3.8, 4) is 62.9 Å². The molecule has 0 amide bonds. The first-order valence-corrected chi connectivity index (χ1v) is 40.5. The van der Waals surface area contributed by atoms with Gasteiger partial charge in [-0.25, -0.2) is 48.5 Å². The molecule has 6 aliphatic rings. The predicted molar refractivity (Wildman–Crippen MR) is 450 cm³/mol. The number of nitro groups is 2. The average Bonchev–Trinajstić information content (AvgIpc) is 1.30. The van der Waals surface area contributed by atoms with Crippen molar-refractivity contribution in [1.82, 2.24) is 28.7 Å². The molecule has 0 fully saturated rings. The largest absolute Gasteiger partial charge is 0.515 e. The van der Waals surface area contributed by atoms with E-state index in [1.165, 1.54) is 36.4 Å². The molecule has 17 rings (SSSR count). The van der Waals surface area contributed by atoms with Crippen molar-refractivity contribution in [3.63, 3.8) is 0 Å². The number of carbonyl (C=O) groups excluding carboxylic acids is 7. The second-order valence-corrected chi connectivity index (χ2v) is 32.4. The lowest BCUT2D eigenvalue weighted by Gasteiger charge is -2.35. The zero-order chi connectivity index (χ0) is 90.9. The fraction of sp³-hybridized carbons (Fsp3) is 0.322. The van der Waals surface area contributed by atoms with Crippen LogP contribution in [0.3, 0.4) is 0 Å². The van der Waals surface area contributed by atoms with Gasteiger partial charge < -0.3 is 76.4 Å². The van der Waals surface area contributed by atoms with Crippen LogP contribution in [0.15, 0.2) is 136 Å². The van der Waals surface area contributed by atoms with Gasteiger partial charge in [-0.05, 0) is 194 Å². The molecule has 5 aromatic carbocycles. The summed E-state index contributed by atoms with van der Waals surface area (Å²) >= 11 is 4.92. The number of halogens is 1. The van der Waals surface area contributed by atoms with Gasteiger partial charge in [0.1, 0.15) is 59.8 Å². The van der Waals surface area contributed by atoms with E-state index in [0.29, 0.717) is 94.4 Å². The van der Waals surface area contributed by atoms with Gasteiger partial charge in [0.05, 0.1) is 96.9 Å². The molecular formula is C90H83ClN8O27. The number of aromatic hydroxyl groups is 1. The summed E-state index contributed by atoms with van der Waals surface area (Å²) in [5.74, 6) is -1.46. The molecule has 0 radical (unpaired) electrons. The molecule has 0 bridgehead atoms. The normalized spacial score (nSPS) is 16.9. The van der Waals surface area contributed by atoms with Crippen LogP contribution in [0.2, 0.25) is 0 Å². The lowest BCUT2D eigenvalue weighted by molar-refractivity contribution is -0.385. The number of ether oxygens (including phenoxy) is 10. The molecule has 3 N–H and O–H groups in total. The average molecular weight is 1740 g/mol. The number of benzene rings is 5. The number of carbonyl (C=O) groups is 7. The van der Waals surface area contributed by atoms with Gasteiger partial charge in [-0.1, -0.05) is 41.5 Å². The number of esters is 3. The Kier molecular flexibility index (Phi) is 23.6. The molecule has 11 aromatic rings. The number of fused-ring (bicyclic) bond motifs is 15. The van der Waals surface area contributed by atoms with Gasteiger partial charge in [-0.15, -0.1) is 0 Å². The Balaban J connectivity index is 0.000000146. The van der Waals surface area contributed by atoms with E-state index in [0.717, 1.165) is 67.2 Å². The van der Waals surface area contributed by atoms with Crippen molar-refractivity contribution in [2.45, 2.75) is 189 Å². The third-order valence-electron chi connectivity index (χ3n) is 22.3. The smallest absolute Gasteiger partial charge is 0.508 e. The number of non-ortho nitro benzene ring substituents is 2. The second kappa shape index (κ2) is 33.7. The van der Waals surface area contributed by atoms with Crippen LogP contribution in [-0.2, 0) is 118 Å². The number of pyridine rings is 6. The summed E-state index contributed by atoms with van der Waals surface area (Å²) in [6.07, 6.45) is -0.855. The molecule has 12 heterocycles. The zero-order valence-electron chi connectivity index (χ0n) is 70.1. The van der Waals surface area contributed by atoms with Crippen LogP contribution in [-0.4, -0.2) is 107 Å². The van der Waals surface area contributed by atoms with Gasteiger partial charge in [-0.3, -0.25) is 34.6 Å². The molecule has 0 unspecified atom stereocenters. The van der Waals surface area contributed by atoms with Crippen LogP contribution in [0, 0.1) is 20.2 Å². The molecule has 0 aliphatic carbocycles. The molecule has 36 heteroatoms. The summed E-state index contributed by atoms with van der Waals surface area (Å²) in [5, 5.41) is 55.5. The number of nitrogens with zero attached hydrogens (tertiary/aromatic N) is 8. The van der Waals surface area contributed by atoms with Crippen molar-refractivity contribution in [2.75, 3.05) is 0 Å². The minimum atomic E-state index is -2.01. The van der Waals surface area contributed by atoms with Crippen LogP contribution in [0.5, 0.6) is 28.7 Å². The van der Waals surface area contributed by atoms with Gasteiger partial charge in [0.2, 0.25) is 5.60 Å². The quantitative estimate of drug-likeness (QED) is 0.0241. The van der Waals surface area contributed by atoms with Crippen molar-refractivity contribution < 1.29 is 106 Å². The maximum Gasteiger partial charge on any atom is 0.515 e. The van der Waals surface area contributed by atoms with Crippen LogP contribution in [0.1, 0.15) is 169 Å². The second-order valence-electron chi connectivity index (χ2n) is 32.1. The van der Waals surface area contributed by atoms with Gasteiger partial charge in [0, 0.05) is 85.4 Å². The molecule has 0 saturated carbocycles. The monoisotopic (exact) mass is 1740 g/mol. The predicted octanol–water partition coefficient (Wildman–Crippen LogP) is 14.7. The minimum absolute atomic E-state index is 0.0490. The van der Waals surface area contributed by atoms with E-state index in [9.17, 15) is 83.5 Å². The molecule has 6 aromatic heterocycles. The molecule has 35 nitrogen and oxygen atoms in total. The number of rotatable bonds is 13. The maximum atomic E-state index is 14.0. The highest BCUT2D eigenvalue weighted by molar-refractivity contribution is 6.61. The number of aromatic nitrogens is 6. The summed E-state index contributed by atoms with van der Waals surface area (Å²) in [6.45, 7) is 21.7. The topological polar surface area (TPSA) is 463 Å². The Hall–Kier alpha value is -14.3.